The standard InChI is InChI=1S/C60H112NO7P/c1-6-8-10-12-14-16-18-20-22-24-26-28-30-31-32-33-35-37-39-41-43-45-47-49-51-53-60(62)68-59(58-67-69(63,64)66-56-54-61(3,4)5)57-65-55-52-50-48-46-44-42-40-38-36-34-29-27-25-23-21-19-17-15-13-11-9-7-2/h8,10,14,16,20,22,25-28,59H,6-7,9,11-13,15,17-19,21,23-24,29-58H2,1-5H3/b10-8-,16-14-,22-20-,27-25-,28-26-. The molecule has 2 atom stereocenters. The molecule has 8 nitrogen and oxygen atoms in total. The van der Waals surface area contributed by atoms with E-state index in [4.69, 9.17) is 18.5 Å². The first-order chi connectivity index (χ1) is 33.6. The fraction of sp³-hybridized carbons (Fsp3) is 0.817. The number of phosphoric acid groups is 1. The number of likely N-dealkylation sites (N-methyl/N-ethyl adjacent to an activating group) is 1. The van der Waals surface area contributed by atoms with Gasteiger partial charge in [-0.2, -0.15) is 0 Å². The van der Waals surface area contributed by atoms with Gasteiger partial charge in [0, 0.05) is 13.0 Å². The van der Waals surface area contributed by atoms with Crippen molar-refractivity contribution in [2.24, 2.45) is 0 Å². The molecule has 0 aromatic rings. The van der Waals surface area contributed by atoms with Gasteiger partial charge in [0.25, 0.3) is 7.82 Å². The van der Waals surface area contributed by atoms with Crippen LogP contribution in [0.2, 0.25) is 0 Å². The Kier molecular flexibility index (Phi) is 51.2. The highest BCUT2D eigenvalue weighted by Gasteiger charge is 2.20. The van der Waals surface area contributed by atoms with Gasteiger partial charge in [-0.3, -0.25) is 9.36 Å². The molecule has 0 bridgehead atoms. The Balaban J connectivity index is 4.07. The average molecular weight is 991 g/mol. The number of rotatable bonds is 54. The molecule has 69 heavy (non-hydrogen) atoms. The molecule has 0 rings (SSSR count). The molecular weight excluding hydrogens is 878 g/mol. The monoisotopic (exact) mass is 990 g/mol. The lowest BCUT2D eigenvalue weighted by atomic mass is 10.0. The van der Waals surface area contributed by atoms with Gasteiger partial charge in [-0.15, -0.1) is 0 Å². The zero-order valence-electron chi connectivity index (χ0n) is 46.0. The lowest BCUT2D eigenvalue weighted by Crippen LogP contribution is -2.37. The Hall–Kier alpha value is -1.80. The number of phosphoric ester groups is 1. The van der Waals surface area contributed by atoms with Crippen molar-refractivity contribution in [3.8, 4) is 0 Å². The van der Waals surface area contributed by atoms with Crippen molar-refractivity contribution >= 4 is 13.8 Å². The highest BCUT2D eigenvalue weighted by molar-refractivity contribution is 7.45. The van der Waals surface area contributed by atoms with Gasteiger partial charge in [0.15, 0.2) is 0 Å². The number of unbranched alkanes of at least 4 members (excludes halogenated alkanes) is 30. The lowest BCUT2D eigenvalue weighted by molar-refractivity contribution is -0.870. The topological polar surface area (TPSA) is 94.1 Å². The van der Waals surface area contributed by atoms with Crippen LogP contribution in [0.4, 0.5) is 0 Å². The van der Waals surface area contributed by atoms with Gasteiger partial charge in [0.1, 0.15) is 19.3 Å². The number of carbonyl (C=O) groups is 1. The highest BCUT2D eigenvalue weighted by Crippen LogP contribution is 2.38. The number of esters is 1. The third-order valence-electron chi connectivity index (χ3n) is 12.6. The minimum atomic E-state index is -4.54. The van der Waals surface area contributed by atoms with Crippen LogP contribution in [0.1, 0.15) is 258 Å². The summed E-state index contributed by atoms with van der Waals surface area (Å²) in [4.78, 5) is 25.3. The van der Waals surface area contributed by atoms with Crippen molar-refractivity contribution in [1.82, 2.24) is 0 Å². The first-order valence-electron chi connectivity index (χ1n) is 29.0. The number of ether oxygens (including phenoxy) is 2. The number of carbonyl (C=O) groups excluding carboxylic acids is 1. The number of quaternary nitrogens is 1. The maximum atomic E-state index is 12.8. The molecule has 2 unspecified atom stereocenters. The maximum absolute atomic E-state index is 12.8. The van der Waals surface area contributed by atoms with Crippen LogP contribution in [0.3, 0.4) is 0 Å². The summed E-state index contributed by atoms with van der Waals surface area (Å²) in [5.74, 6) is -0.335. The molecule has 0 radical (unpaired) electrons. The Morgan fingerprint density at radius 1 is 0.464 bits per heavy atom. The van der Waals surface area contributed by atoms with E-state index in [2.05, 4.69) is 74.6 Å². The van der Waals surface area contributed by atoms with E-state index >= 15 is 0 Å². The van der Waals surface area contributed by atoms with Gasteiger partial charge >= 0.3 is 5.97 Å². The van der Waals surface area contributed by atoms with Gasteiger partial charge in [-0.05, 0) is 77.0 Å². The smallest absolute Gasteiger partial charge is 0.306 e. The van der Waals surface area contributed by atoms with Gasteiger partial charge in [0.2, 0.25) is 0 Å². The Bertz CT molecular complexity index is 1290. The molecule has 0 amide bonds. The van der Waals surface area contributed by atoms with E-state index in [-0.39, 0.29) is 25.8 Å². The number of hydrogen-bond donors (Lipinski definition) is 0. The summed E-state index contributed by atoms with van der Waals surface area (Å²) in [7, 11) is 1.36. The largest absolute Gasteiger partial charge is 0.756 e. The molecule has 0 saturated heterocycles. The summed E-state index contributed by atoms with van der Waals surface area (Å²) in [6, 6.07) is 0. The molecule has 9 heteroatoms. The average Bonchev–Trinajstić information content (AvgIpc) is 3.31. The van der Waals surface area contributed by atoms with Crippen LogP contribution in [0, 0.1) is 0 Å². The van der Waals surface area contributed by atoms with E-state index < -0.39 is 13.9 Å². The number of nitrogens with zero attached hydrogens (tertiary/aromatic N) is 1. The molecule has 0 aliphatic carbocycles. The molecule has 0 aromatic carbocycles. The minimum absolute atomic E-state index is 0.0246. The van der Waals surface area contributed by atoms with Gasteiger partial charge < -0.3 is 27.9 Å². The van der Waals surface area contributed by atoms with Crippen molar-refractivity contribution in [2.45, 2.75) is 264 Å². The maximum Gasteiger partial charge on any atom is 0.306 e. The van der Waals surface area contributed by atoms with Gasteiger partial charge in [-0.1, -0.05) is 235 Å². The van der Waals surface area contributed by atoms with E-state index in [0.717, 1.165) is 57.8 Å². The van der Waals surface area contributed by atoms with Crippen LogP contribution in [0.15, 0.2) is 60.8 Å². The number of hydrogen-bond acceptors (Lipinski definition) is 7. The molecule has 0 fully saturated rings. The summed E-state index contributed by atoms with van der Waals surface area (Å²) in [6.07, 6.45) is 68.3. The summed E-state index contributed by atoms with van der Waals surface area (Å²) in [6.45, 7) is 5.33. The van der Waals surface area contributed by atoms with Crippen molar-refractivity contribution in [2.75, 3.05) is 54.1 Å². The molecule has 0 aliphatic heterocycles. The molecule has 0 aromatic heterocycles. The molecule has 0 heterocycles. The SMILES string of the molecule is CC/C=C\C/C=C\C/C=C\C/C=C\CCCCCCCCCCCCCCC(=O)OC(COCCCCCCCCCCCC/C=C\CCCCCCCCCC)COP(=O)([O-])OCC[N+](C)(C)C. The molecule has 0 N–H and O–H groups in total. The Labute approximate surface area is 428 Å². The summed E-state index contributed by atoms with van der Waals surface area (Å²) in [5, 5.41) is 0. The van der Waals surface area contributed by atoms with Crippen molar-refractivity contribution in [3.05, 3.63) is 60.8 Å². The predicted octanol–water partition coefficient (Wildman–Crippen LogP) is 17.8. The third kappa shape index (κ3) is 57.0. The molecule has 404 valence electrons. The Morgan fingerprint density at radius 2 is 0.841 bits per heavy atom. The second-order valence-electron chi connectivity index (χ2n) is 20.6. The number of allylic oxidation sites excluding steroid dienone is 10. The van der Waals surface area contributed by atoms with Crippen LogP contribution in [0.25, 0.3) is 0 Å². The quantitative estimate of drug-likeness (QED) is 0.0197. The van der Waals surface area contributed by atoms with Crippen molar-refractivity contribution in [3.63, 3.8) is 0 Å². The molecule has 0 aliphatic rings. The van der Waals surface area contributed by atoms with Crippen LogP contribution in [-0.4, -0.2) is 70.7 Å². The molecular formula is C60H112NO7P. The predicted molar refractivity (Wildman–Crippen MR) is 296 cm³/mol. The Morgan fingerprint density at radius 3 is 1.28 bits per heavy atom. The molecule has 0 spiro atoms. The normalized spacial score (nSPS) is 13.9. The molecule has 0 saturated carbocycles. The van der Waals surface area contributed by atoms with Crippen LogP contribution < -0.4 is 4.89 Å². The zero-order valence-corrected chi connectivity index (χ0v) is 46.9. The first-order valence-corrected chi connectivity index (χ1v) is 30.5. The van der Waals surface area contributed by atoms with E-state index in [1.165, 1.54) is 180 Å². The van der Waals surface area contributed by atoms with E-state index in [1.807, 2.05) is 21.1 Å². The summed E-state index contributed by atoms with van der Waals surface area (Å²) in [5.41, 5.74) is 0. The summed E-state index contributed by atoms with van der Waals surface area (Å²) >= 11 is 0. The first kappa shape index (κ1) is 67.2. The fourth-order valence-electron chi connectivity index (χ4n) is 8.12. The van der Waals surface area contributed by atoms with Crippen molar-refractivity contribution in [1.29, 1.82) is 0 Å². The van der Waals surface area contributed by atoms with Crippen LogP contribution in [-0.2, 0) is 27.9 Å². The zero-order chi connectivity index (χ0) is 50.5. The van der Waals surface area contributed by atoms with Gasteiger partial charge in [0.05, 0.1) is 34.4 Å². The second kappa shape index (κ2) is 52.5. The van der Waals surface area contributed by atoms with Crippen LogP contribution >= 0.6 is 7.82 Å². The highest BCUT2D eigenvalue weighted by atomic mass is 31.2. The minimum Gasteiger partial charge on any atom is -0.756 e. The van der Waals surface area contributed by atoms with Crippen molar-refractivity contribution < 1.29 is 37.3 Å². The van der Waals surface area contributed by atoms with Gasteiger partial charge in [-0.25, -0.2) is 0 Å². The summed E-state index contributed by atoms with van der Waals surface area (Å²) < 4.78 is 34.9. The lowest BCUT2D eigenvalue weighted by Gasteiger charge is -2.28. The van der Waals surface area contributed by atoms with E-state index in [9.17, 15) is 14.3 Å². The van der Waals surface area contributed by atoms with E-state index in [1.54, 1.807) is 0 Å². The van der Waals surface area contributed by atoms with Crippen LogP contribution in [0.5, 0.6) is 0 Å². The van der Waals surface area contributed by atoms with E-state index in [0.29, 0.717) is 24.1 Å². The second-order valence-corrected chi connectivity index (χ2v) is 22.0. The fourth-order valence-corrected chi connectivity index (χ4v) is 8.85. The third-order valence-corrected chi connectivity index (χ3v) is 13.5.